The highest BCUT2D eigenvalue weighted by molar-refractivity contribution is 7.92. The molecule has 3 aromatic rings. The van der Waals surface area contributed by atoms with Gasteiger partial charge in [-0.1, -0.05) is 49.4 Å². The lowest BCUT2D eigenvalue weighted by atomic mass is 10.0. The van der Waals surface area contributed by atoms with E-state index in [1.54, 1.807) is 12.0 Å². The van der Waals surface area contributed by atoms with E-state index in [-0.39, 0.29) is 43.8 Å². The van der Waals surface area contributed by atoms with Crippen LogP contribution < -0.4 is 14.4 Å². The summed E-state index contributed by atoms with van der Waals surface area (Å²) >= 11 is 0. The van der Waals surface area contributed by atoms with Gasteiger partial charge in [0.05, 0.1) is 19.1 Å². The summed E-state index contributed by atoms with van der Waals surface area (Å²) in [6.07, 6.45) is 2.31. The number of nitrogens with zero attached hydrogens (tertiary/aromatic N) is 2. The Kier molecular flexibility index (Phi) is 11.9. The van der Waals surface area contributed by atoms with Crippen LogP contribution in [0.25, 0.3) is 0 Å². The van der Waals surface area contributed by atoms with E-state index in [1.807, 2.05) is 68.4 Å². The molecule has 0 aliphatic rings. The number of methoxy groups -OCH3 is 1. The minimum atomic E-state index is -3.68. The van der Waals surface area contributed by atoms with Gasteiger partial charge in [-0.25, -0.2) is 12.8 Å². The minimum Gasteiger partial charge on any atom is -0.497 e. The Morgan fingerprint density at radius 3 is 2.26 bits per heavy atom. The number of amides is 2. The van der Waals surface area contributed by atoms with Crippen LogP contribution in [0, 0.1) is 5.82 Å². The Labute approximate surface area is 248 Å². The maximum absolute atomic E-state index is 13.9. The number of hydrogen-bond acceptors (Lipinski definition) is 5. The van der Waals surface area contributed by atoms with Crippen LogP contribution in [0.5, 0.6) is 5.75 Å². The van der Waals surface area contributed by atoms with Gasteiger partial charge in [0.1, 0.15) is 17.6 Å². The molecule has 0 aromatic heterocycles. The van der Waals surface area contributed by atoms with Crippen LogP contribution in [-0.2, 0) is 32.6 Å². The number of halogens is 1. The number of anilines is 1. The van der Waals surface area contributed by atoms with Crippen LogP contribution in [0.4, 0.5) is 10.1 Å². The monoisotopic (exact) mass is 597 g/mol. The topological polar surface area (TPSA) is 96.0 Å². The molecule has 0 radical (unpaired) electrons. The molecule has 0 aliphatic carbocycles. The van der Waals surface area contributed by atoms with Crippen molar-refractivity contribution >= 4 is 27.5 Å². The lowest BCUT2D eigenvalue weighted by molar-refractivity contribution is -0.141. The number of rotatable bonds is 15. The van der Waals surface area contributed by atoms with Crippen molar-refractivity contribution in [2.45, 2.75) is 58.2 Å². The molecule has 0 aliphatic heterocycles. The van der Waals surface area contributed by atoms with E-state index in [0.717, 1.165) is 28.1 Å². The normalized spacial score (nSPS) is 12.7. The Bertz CT molecular complexity index is 1420. The van der Waals surface area contributed by atoms with E-state index in [0.29, 0.717) is 17.9 Å². The minimum absolute atomic E-state index is 0.000909. The zero-order chi connectivity index (χ0) is 30.7. The average molecular weight is 598 g/mol. The molecule has 8 nitrogen and oxygen atoms in total. The fourth-order valence-electron chi connectivity index (χ4n) is 4.57. The van der Waals surface area contributed by atoms with Crippen LogP contribution in [-0.4, -0.2) is 57.1 Å². The van der Waals surface area contributed by atoms with E-state index in [2.05, 4.69) is 5.32 Å². The third kappa shape index (κ3) is 9.58. The smallest absolute Gasteiger partial charge is 0.243 e. The van der Waals surface area contributed by atoms with Crippen molar-refractivity contribution in [3.8, 4) is 5.75 Å². The molecule has 2 unspecified atom stereocenters. The first kappa shape index (κ1) is 32.6. The third-order valence-electron chi connectivity index (χ3n) is 7.03. The Morgan fingerprint density at radius 1 is 0.976 bits per heavy atom. The van der Waals surface area contributed by atoms with Crippen molar-refractivity contribution in [2.75, 3.05) is 24.2 Å². The quantitative estimate of drug-likeness (QED) is 0.268. The van der Waals surface area contributed by atoms with Crippen molar-refractivity contribution < 1.29 is 27.1 Å². The van der Waals surface area contributed by atoms with Gasteiger partial charge in [0.2, 0.25) is 21.8 Å². The zero-order valence-electron chi connectivity index (χ0n) is 24.6. The second-order valence-electron chi connectivity index (χ2n) is 10.3. The van der Waals surface area contributed by atoms with E-state index in [4.69, 9.17) is 4.74 Å². The predicted molar refractivity (Wildman–Crippen MR) is 163 cm³/mol. The van der Waals surface area contributed by atoms with Gasteiger partial charge in [0.25, 0.3) is 0 Å². The van der Waals surface area contributed by atoms with Gasteiger partial charge in [-0.15, -0.1) is 0 Å². The molecule has 0 saturated carbocycles. The van der Waals surface area contributed by atoms with E-state index >= 15 is 0 Å². The van der Waals surface area contributed by atoms with Gasteiger partial charge in [0.15, 0.2) is 0 Å². The summed E-state index contributed by atoms with van der Waals surface area (Å²) in [6.45, 7) is 4.08. The number of sulfonamides is 1. The van der Waals surface area contributed by atoms with E-state index < -0.39 is 21.9 Å². The van der Waals surface area contributed by atoms with Crippen LogP contribution in [0.1, 0.15) is 44.2 Å². The molecule has 10 heteroatoms. The number of benzene rings is 3. The highest BCUT2D eigenvalue weighted by atomic mass is 32.2. The highest BCUT2D eigenvalue weighted by Gasteiger charge is 2.31. The maximum atomic E-state index is 13.9. The largest absolute Gasteiger partial charge is 0.497 e. The number of nitrogens with one attached hydrogen (secondary N) is 1. The second-order valence-corrected chi connectivity index (χ2v) is 12.2. The SMILES string of the molecule is CCC(C)NC(=O)C(Cc1ccccc1)N(Cc1cccc(OC)c1)C(=O)CCCN(c1ccc(F)cc1)S(C)(=O)=O. The summed E-state index contributed by atoms with van der Waals surface area (Å²) in [5, 5.41) is 3.04. The summed E-state index contributed by atoms with van der Waals surface area (Å²) in [5.74, 6) is -0.388. The molecule has 3 aromatic carbocycles. The first-order valence-corrected chi connectivity index (χ1v) is 15.9. The molecule has 0 saturated heterocycles. The predicted octanol–water partition coefficient (Wildman–Crippen LogP) is 4.94. The molecular formula is C32H40FN3O5S. The molecule has 1 N–H and O–H groups in total. The molecule has 3 rings (SSSR count). The van der Waals surface area contributed by atoms with Gasteiger partial charge in [-0.3, -0.25) is 13.9 Å². The van der Waals surface area contributed by atoms with Gasteiger partial charge >= 0.3 is 0 Å². The molecule has 0 bridgehead atoms. The molecule has 0 heterocycles. The molecule has 226 valence electrons. The molecule has 42 heavy (non-hydrogen) atoms. The molecule has 0 spiro atoms. The van der Waals surface area contributed by atoms with E-state index in [9.17, 15) is 22.4 Å². The molecule has 2 amide bonds. The van der Waals surface area contributed by atoms with Crippen molar-refractivity contribution in [2.24, 2.45) is 0 Å². The lowest BCUT2D eigenvalue weighted by Gasteiger charge is -2.33. The van der Waals surface area contributed by atoms with Gasteiger partial charge in [-0.2, -0.15) is 0 Å². The molecule has 0 fully saturated rings. The average Bonchev–Trinajstić information content (AvgIpc) is 2.97. The fraction of sp³-hybridized carbons (Fsp3) is 0.375. The molecule has 2 atom stereocenters. The third-order valence-corrected chi connectivity index (χ3v) is 8.22. The zero-order valence-corrected chi connectivity index (χ0v) is 25.4. The Balaban J connectivity index is 1.90. The van der Waals surface area contributed by atoms with Crippen LogP contribution in [0.15, 0.2) is 78.9 Å². The van der Waals surface area contributed by atoms with Crippen molar-refractivity contribution in [1.29, 1.82) is 0 Å². The Hall–Kier alpha value is -3.92. The van der Waals surface area contributed by atoms with Crippen LogP contribution in [0.3, 0.4) is 0 Å². The van der Waals surface area contributed by atoms with Crippen LogP contribution >= 0.6 is 0 Å². The number of carbonyl (C=O) groups excluding carboxylic acids is 2. The summed E-state index contributed by atoms with van der Waals surface area (Å²) < 4.78 is 45.1. The number of ether oxygens (including phenoxy) is 1. The number of hydrogen-bond donors (Lipinski definition) is 1. The standard InChI is InChI=1S/C32H40FN3O5S/c1-5-24(2)34-32(38)30(22-25-11-7-6-8-12-25)35(23-26-13-9-14-29(21-26)41-3)31(37)15-10-20-36(42(4,39)40)28-18-16-27(33)17-19-28/h6-9,11-14,16-19,21,24,30H,5,10,15,20,22-23H2,1-4H3,(H,34,38). The molecular weight excluding hydrogens is 557 g/mol. The second kappa shape index (κ2) is 15.3. The van der Waals surface area contributed by atoms with Crippen LogP contribution in [0.2, 0.25) is 0 Å². The Morgan fingerprint density at radius 2 is 1.64 bits per heavy atom. The maximum Gasteiger partial charge on any atom is 0.243 e. The van der Waals surface area contributed by atoms with Gasteiger partial charge in [0, 0.05) is 32.0 Å². The van der Waals surface area contributed by atoms with Crippen molar-refractivity contribution in [3.05, 3.63) is 95.8 Å². The summed E-state index contributed by atoms with van der Waals surface area (Å²) in [6, 6.07) is 21.1. The van der Waals surface area contributed by atoms with Crippen molar-refractivity contribution in [3.63, 3.8) is 0 Å². The summed E-state index contributed by atoms with van der Waals surface area (Å²) in [7, 11) is -2.12. The van der Waals surface area contributed by atoms with E-state index in [1.165, 1.54) is 24.3 Å². The summed E-state index contributed by atoms with van der Waals surface area (Å²) in [5.41, 5.74) is 2.01. The van der Waals surface area contributed by atoms with Gasteiger partial charge in [-0.05, 0) is 67.3 Å². The first-order valence-electron chi connectivity index (χ1n) is 14.0. The highest BCUT2D eigenvalue weighted by Crippen LogP contribution is 2.22. The number of carbonyl (C=O) groups is 2. The first-order chi connectivity index (χ1) is 20.0. The fourth-order valence-corrected chi connectivity index (χ4v) is 5.54. The van der Waals surface area contributed by atoms with Gasteiger partial charge < -0.3 is 15.0 Å². The van der Waals surface area contributed by atoms with Crippen molar-refractivity contribution in [1.82, 2.24) is 10.2 Å². The lowest BCUT2D eigenvalue weighted by Crippen LogP contribution is -2.52. The summed E-state index contributed by atoms with van der Waals surface area (Å²) in [4.78, 5) is 29.1.